The van der Waals surface area contributed by atoms with Crippen molar-refractivity contribution in [2.75, 3.05) is 0 Å². The molecule has 0 saturated heterocycles. The van der Waals surface area contributed by atoms with Gasteiger partial charge in [0.1, 0.15) is 12.4 Å². The average Bonchev–Trinajstić information content (AvgIpc) is 3.10. The summed E-state index contributed by atoms with van der Waals surface area (Å²) in [7, 11) is 0. The molecule has 3 rings (SSSR count). The Morgan fingerprint density at radius 3 is 2.90 bits per heavy atom. The zero-order valence-corrected chi connectivity index (χ0v) is 11.4. The molecule has 0 N–H and O–H groups in total. The minimum atomic E-state index is -0.337. The van der Waals surface area contributed by atoms with Gasteiger partial charge in [-0.05, 0) is 34.2 Å². The quantitative estimate of drug-likeness (QED) is 0.694. The van der Waals surface area contributed by atoms with Gasteiger partial charge in [-0.25, -0.2) is 9.07 Å². The minimum Gasteiger partial charge on any atom is -0.228 e. The first-order valence-electron chi connectivity index (χ1n) is 6.55. The molecule has 0 saturated carbocycles. The van der Waals surface area contributed by atoms with Crippen molar-refractivity contribution in [3.63, 3.8) is 0 Å². The highest BCUT2D eigenvalue weighted by Crippen LogP contribution is 2.14. The second-order valence-corrected chi connectivity index (χ2v) is 4.47. The van der Waals surface area contributed by atoms with Gasteiger partial charge in [-0.2, -0.15) is 4.80 Å². The molecular weight excluding hydrogens is 275 g/mol. The molecule has 0 aliphatic rings. The van der Waals surface area contributed by atoms with Crippen molar-refractivity contribution >= 4 is 0 Å². The van der Waals surface area contributed by atoms with Crippen LogP contribution in [0.4, 0.5) is 4.39 Å². The van der Waals surface area contributed by atoms with Gasteiger partial charge in [-0.15, -0.1) is 15.3 Å². The zero-order valence-electron chi connectivity index (χ0n) is 11.4. The number of hydrogen-bond acceptors (Lipinski definition) is 6. The van der Waals surface area contributed by atoms with Crippen molar-refractivity contribution in [3.8, 4) is 11.4 Å². The van der Waals surface area contributed by atoms with E-state index >= 15 is 0 Å². The molecule has 9 heteroatoms. The van der Waals surface area contributed by atoms with Crippen LogP contribution in [-0.4, -0.2) is 40.4 Å². The van der Waals surface area contributed by atoms with Crippen LogP contribution in [0.3, 0.4) is 0 Å². The molecule has 0 unspecified atom stereocenters. The maximum Gasteiger partial charge on any atom is 0.205 e. The van der Waals surface area contributed by atoms with Crippen LogP contribution in [-0.2, 0) is 13.1 Å². The maximum absolute atomic E-state index is 13.2. The van der Waals surface area contributed by atoms with Gasteiger partial charge in [0.15, 0.2) is 5.82 Å². The summed E-state index contributed by atoms with van der Waals surface area (Å²) in [4.78, 5) is 1.39. The number of rotatable bonds is 5. The van der Waals surface area contributed by atoms with Crippen LogP contribution in [0.15, 0.2) is 24.3 Å². The molecule has 3 aromatic rings. The van der Waals surface area contributed by atoms with E-state index in [0.717, 1.165) is 13.0 Å². The Bertz CT molecular complexity index is 734. The van der Waals surface area contributed by atoms with E-state index in [1.807, 2.05) is 6.92 Å². The highest BCUT2D eigenvalue weighted by molar-refractivity contribution is 5.53. The van der Waals surface area contributed by atoms with Crippen LogP contribution in [0.1, 0.15) is 19.2 Å². The standard InChI is InChI=1S/C12H13FN8/c1-2-6-20-11(14-17-19-20)8-21-16-12(15-18-21)9-4-3-5-10(13)7-9/h3-5,7H,2,6,8H2,1H3. The summed E-state index contributed by atoms with van der Waals surface area (Å²) < 4.78 is 14.9. The fourth-order valence-electron chi connectivity index (χ4n) is 1.90. The molecule has 0 bridgehead atoms. The summed E-state index contributed by atoms with van der Waals surface area (Å²) in [6, 6.07) is 6.06. The molecule has 2 aromatic heterocycles. The second kappa shape index (κ2) is 5.73. The van der Waals surface area contributed by atoms with Crippen molar-refractivity contribution in [1.29, 1.82) is 0 Å². The van der Waals surface area contributed by atoms with Gasteiger partial charge in [0, 0.05) is 12.1 Å². The van der Waals surface area contributed by atoms with Crippen molar-refractivity contribution in [1.82, 2.24) is 40.4 Å². The topological polar surface area (TPSA) is 87.2 Å². The molecule has 0 radical (unpaired) electrons. The monoisotopic (exact) mass is 288 g/mol. The summed E-state index contributed by atoms with van der Waals surface area (Å²) in [6.07, 6.45) is 0.928. The first-order chi connectivity index (χ1) is 10.3. The molecule has 21 heavy (non-hydrogen) atoms. The van der Waals surface area contributed by atoms with E-state index in [-0.39, 0.29) is 5.82 Å². The van der Waals surface area contributed by atoms with Gasteiger partial charge in [0.2, 0.25) is 5.82 Å². The SMILES string of the molecule is CCCn1nnnc1Cn1nnc(-c2cccc(F)c2)n1. The lowest BCUT2D eigenvalue weighted by Crippen LogP contribution is -2.12. The molecule has 0 aliphatic carbocycles. The summed E-state index contributed by atoms with van der Waals surface area (Å²) in [5.41, 5.74) is 0.578. The fraction of sp³-hybridized carbons (Fsp3) is 0.333. The minimum absolute atomic E-state index is 0.315. The van der Waals surface area contributed by atoms with Gasteiger partial charge >= 0.3 is 0 Å². The summed E-state index contributed by atoms with van der Waals surface area (Å²) in [5.74, 6) is 0.680. The van der Waals surface area contributed by atoms with Crippen LogP contribution in [0.5, 0.6) is 0 Å². The largest absolute Gasteiger partial charge is 0.228 e. The maximum atomic E-state index is 13.2. The van der Waals surface area contributed by atoms with E-state index in [1.165, 1.54) is 16.9 Å². The number of hydrogen-bond donors (Lipinski definition) is 0. The molecule has 0 spiro atoms. The first kappa shape index (κ1) is 13.3. The van der Waals surface area contributed by atoms with E-state index in [2.05, 4.69) is 30.9 Å². The number of halogens is 1. The second-order valence-electron chi connectivity index (χ2n) is 4.47. The van der Waals surface area contributed by atoms with Crippen molar-refractivity contribution in [2.24, 2.45) is 0 Å². The Morgan fingerprint density at radius 1 is 1.19 bits per heavy atom. The third kappa shape index (κ3) is 2.91. The van der Waals surface area contributed by atoms with Gasteiger partial charge in [0.05, 0.1) is 0 Å². The van der Waals surface area contributed by atoms with Crippen molar-refractivity contribution < 1.29 is 4.39 Å². The number of benzene rings is 1. The lowest BCUT2D eigenvalue weighted by atomic mass is 10.2. The Labute approximate surface area is 119 Å². The molecule has 0 amide bonds. The molecule has 0 fully saturated rings. The Hall–Kier alpha value is -2.71. The number of nitrogens with zero attached hydrogens (tertiary/aromatic N) is 8. The van der Waals surface area contributed by atoms with Gasteiger partial charge in [0.25, 0.3) is 0 Å². The highest BCUT2D eigenvalue weighted by Gasteiger charge is 2.11. The Kier molecular flexibility index (Phi) is 3.63. The lowest BCUT2D eigenvalue weighted by molar-refractivity contribution is 0.500. The van der Waals surface area contributed by atoms with Gasteiger partial charge in [-0.1, -0.05) is 19.1 Å². The van der Waals surface area contributed by atoms with Gasteiger partial charge in [-0.3, -0.25) is 0 Å². The molecule has 8 nitrogen and oxygen atoms in total. The smallest absolute Gasteiger partial charge is 0.205 e. The van der Waals surface area contributed by atoms with E-state index in [9.17, 15) is 4.39 Å². The van der Waals surface area contributed by atoms with Gasteiger partial charge < -0.3 is 0 Å². The average molecular weight is 288 g/mol. The first-order valence-corrected chi connectivity index (χ1v) is 6.55. The van der Waals surface area contributed by atoms with Crippen LogP contribution in [0.25, 0.3) is 11.4 Å². The van der Waals surface area contributed by atoms with E-state index < -0.39 is 0 Å². The zero-order chi connectivity index (χ0) is 14.7. The van der Waals surface area contributed by atoms with E-state index in [0.29, 0.717) is 23.8 Å². The summed E-state index contributed by atoms with van der Waals surface area (Å²) in [6.45, 7) is 3.09. The number of aromatic nitrogens is 8. The van der Waals surface area contributed by atoms with Crippen LogP contribution in [0, 0.1) is 5.82 Å². The lowest BCUT2D eigenvalue weighted by Gasteiger charge is -2.00. The predicted octanol–water partition coefficient (Wildman–Crippen LogP) is 0.924. The molecule has 2 heterocycles. The predicted molar refractivity (Wildman–Crippen MR) is 70.4 cm³/mol. The van der Waals surface area contributed by atoms with Crippen LogP contribution < -0.4 is 0 Å². The van der Waals surface area contributed by atoms with Crippen LogP contribution in [0.2, 0.25) is 0 Å². The highest BCUT2D eigenvalue weighted by atomic mass is 19.1. The summed E-state index contributed by atoms with van der Waals surface area (Å²) >= 11 is 0. The molecular formula is C12H13FN8. The normalized spacial score (nSPS) is 11.0. The third-order valence-electron chi connectivity index (χ3n) is 2.86. The number of aryl methyl sites for hydroxylation is 1. The molecule has 0 aliphatic heterocycles. The van der Waals surface area contributed by atoms with Crippen molar-refractivity contribution in [2.45, 2.75) is 26.4 Å². The van der Waals surface area contributed by atoms with Crippen LogP contribution >= 0.6 is 0 Å². The third-order valence-corrected chi connectivity index (χ3v) is 2.86. The van der Waals surface area contributed by atoms with Crippen molar-refractivity contribution in [3.05, 3.63) is 35.9 Å². The molecule has 108 valence electrons. The molecule has 1 aromatic carbocycles. The van der Waals surface area contributed by atoms with E-state index in [1.54, 1.807) is 16.8 Å². The Balaban J connectivity index is 1.80. The fourth-order valence-corrected chi connectivity index (χ4v) is 1.90. The number of tetrazole rings is 2. The van der Waals surface area contributed by atoms with E-state index in [4.69, 9.17) is 0 Å². The molecule has 0 atom stereocenters. The summed E-state index contributed by atoms with van der Waals surface area (Å²) in [5, 5.41) is 23.6. The Morgan fingerprint density at radius 2 is 2.10 bits per heavy atom.